The number of rotatable bonds is 9. The van der Waals surface area contributed by atoms with Gasteiger partial charge in [-0.05, 0) is 18.2 Å². The molecule has 1 heterocycles. The van der Waals surface area contributed by atoms with Crippen LogP contribution in [0, 0.1) is 5.82 Å². The van der Waals surface area contributed by atoms with Crippen LogP contribution in [0.2, 0.25) is 0 Å². The van der Waals surface area contributed by atoms with Crippen LogP contribution in [0.4, 0.5) is 4.39 Å². The Bertz CT molecular complexity index is 1110. The molecule has 0 spiro atoms. The first-order valence-corrected chi connectivity index (χ1v) is 11.5. The molecule has 1 aliphatic carbocycles. The van der Waals surface area contributed by atoms with Crippen LogP contribution in [0.3, 0.4) is 0 Å². The van der Waals surface area contributed by atoms with E-state index < -0.39 is 35.9 Å². The molecular formula is C26H29FN2O6. The number of carbonyl (C=O) groups excluding carboxylic acids is 2. The maximum Gasteiger partial charge on any atom is 0.247 e. The second-order valence-electron chi connectivity index (χ2n) is 8.54. The van der Waals surface area contributed by atoms with Crippen LogP contribution in [-0.4, -0.2) is 72.0 Å². The summed E-state index contributed by atoms with van der Waals surface area (Å²) >= 11 is 0. The highest BCUT2D eigenvalue weighted by Gasteiger charge is 2.50. The van der Waals surface area contributed by atoms with E-state index in [1.807, 2.05) is 12.1 Å². The molecule has 0 fully saturated rings. The lowest BCUT2D eigenvalue weighted by Crippen LogP contribution is -2.55. The summed E-state index contributed by atoms with van der Waals surface area (Å²) < 4.78 is 25.6. The molecule has 4 atom stereocenters. The van der Waals surface area contributed by atoms with Gasteiger partial charge in [-0.15, -0.1) is 0 Å². The van der Waals surface area contributed by atoms with E-state index in [4.69, 9.17) is 9.47 Å². The van der Waals surface area contributed by atoms with Gasteiger partial charge in [0, 0.05) is 36.9 Å². The number of nitrogens with zero attached hydrogens (tertiary/aromatic N) is 1. The summed E-state index contributed by atoms with van der Waals surface area (Å²) in [4.78, 5) is 27.7. The van der Waals surface area contributed by atoms with Crippen LogP contribution < -0.4 is 10.1 Å². The van der Waals surface area contributed by atoms with E-state index in [0.29, 0.717) is 11.3 Å². The van der Waals surface area contributed by atoms with Crippen LogP contribution in [0.25, 0.3) is 0 Å². The Morgan fingerprint density at radius 3 is 2.66 bits per heavy atom. The lowest BCUT2D eigenvalue weighted by Gasteiger charge is -2.40. The van der Waals surface area contributed by atoms with Crippen molar-refractivity contribution in [2.24, 2.45) is 0 Å². The predicted molar refractivity (Wildman–Crippen MR) is 125 cm³/mol. The first kappa shape index (κ1) is 24.8. The van der Waals surface area contributed by atoms with Gasteiger partial charge in [0.05, 0.1) is 31.6 Å². The topological polar surface area (TPSA) is 108 Å². The van der Waals surface area contributed by atoms with Crippen LogP contribution >= 0.6 is 0 Å². The Labute approximate surface area is 203 Å². The van der Waals surface area contributed by atoms with Gasteiger partial charge in [0.1, 0.15) is 23.8 Å². The molecule has 4 rings (SSSR count). The molecule has 3 N–H and O–H groups in total. The van der Waals surface area contributed by atoms with Crippen molar-refractivity contribution in [3.63, 3.8) is 0 Å². The standard InChI is InChI=1S/C26H29FN2O6/c1-34-13-10-22(31)29(15-16-6-2-4-8-19(16)27)20-14-18(26(33)28-11-12-30)23-17-7-3-5-9-21(17)35-25(23)24(20)32/h2-9,14,20,23-25,30,32H,10-13,15H2,1H3,(H,28,33)/t20-,23+,24+,25+/m1/s1. The Morgan fingerprint density at radius 1 is 1.17 bits per heavy atom. The number of methoxy groups -OCH3 is 1. The van der Waals surface area contributed by atoms with Crippen molar-refractivity contribution in [2.45, 2.75) is 37.1 Å². The minimum absolute atomic E-state index is 0.0171. The highest BCUT2D eigenvalue weighted by atomic mass is 19.1. The molecule has 2 aliphatic rings. The number of benzene rings is 2. The fraction of sp³-hybridized carbons (Fsp3) is 0.385. The molecule has 1 aliphatic heterocycles. The Kier molecular flexibility index (Phi) is 7.80. The summed E-state index contributed by atoms with van der Waals surface area (Å²) in [7, 11) is 1.47. The summed E-state index contributed by atoms with van der Waals surface area (Å²) in [6.07, 6.45) is -0.422. The number of hydrogen-bond acceptors (Lipinski definition) is 6. The fourth-order valence-corrected chi connectivity index (χ4v) is 4.69. The zero-order chi connectivity index (χ0) is 24.9. The summed E-state index contributed by atoms with van der Waals surface area (Å²) in [6.45, 7) is -0.142. The van der Waals surface area contributed by atoms with Gasteiger partial charge in [-0.2, -0.15) is 0 Å². The second kappa shape index (κ2) is 11.0. The molecular weight excluding hydrogens is 455 g/mol. The van der Waals surface area contributed by atoms with Crippen LogP contribution in [0.1, 0.15) is 23.5 Å². The van der Waals surface area contributed by atoms with E-state index in [2.05, 4.69) is 5.32 Å². The Hall–Kier alpha value is -3.27. The maximum atomic E-state index is 14.5. The van der Waals surface area contributed by atoms with Gasteiger partial charge in [-0.3, -0.25) is 9.59 Å². The third kappa shape index (κ3) is 5.07. The van der Waals surface area contributed by atoms with Gasteiger partial charge in [0.2, 0.25) is 11.8 Å². The SMILES string of the molecule is COCCC(=O)N(Cc1ccccc1F)[C@@H]1C=C(C(=O)NCCO)[C@@H]2c3ccccc3O[C@@H]2[C@H]1O. The number of aliphatic hydroxyl groups excluding tert-OH is 2. The summed E-state index contributed by atoms with van der Waals surface area (Å²) in [5.74, 6) is -1.27. The number of amides is 2. The molecule has 2 amide bonds. The quantitative estimate of drug-likeness (QED) is 0.498. The fourth-order valence-electron chi connectivity index (χ4n) is 4.69. The van der Waals surface area contributed by atoms with Crippen molar-refractivity contribution >= 4 is 11.8 Å². The number of halogens is 1. The normalized spacial score (nSPS) is 22.5. The van der Waals surface area contributed by atoms with E-state index >= 15 is 0 Å². The minimum Gasteiger partial charge on any atom is -0.486 e. The van der Waals surface area contributed by atoms with E-state index in [1.54, 1.807) is 36.4 Å². The first-order chi connectivity index (χ1) is 17.0. The van der Waals surface area contributed by atoms with Crippen LogP contribution in [0.15, 0.2) is 60.2 Å². The number of aliphatic hydroxyl groups is 2. The van der Waals surface area contributed by atoms with Gasteiger partial charge in [0.25, 0.3) is 0 Å². The average Bonchev–Trinajstić information content (AvgIpc) is 3.26. The molecule has 35 heavy (non-hydrogen) atoms. The Balaban J connectivity index is 1.76. The minimum atomic E-state index is -1.18. The number of hydrogen-bond donors (Lipinski definition) is 3. The molecule has 0 saturated heterocycles. The van der Waals surface area contributed by atoms with E-state index in [-0.39, 0.29) is 44.2 Å². The third-order valence-corrected chi connectivity index (χ3v) is 6.38. The molecule has 0 bridgehead atoms. The van der Waals surface area contributed by atoms with E-state index in [0.717, 1.165) is 5.56 Å². The molecule has 0 unspecified atom stereocenters. The Morgan fingerprint density at radius 2 is 1.91 bits per heavy atom. The van der Waals surface area contributed by atoms with Gasteiger partial charge in [-0.25, -0.2) is 4.39 Å². The lowest BCUT2D eigenvalue weighted by molar-refractivity contribution is -0.139. The van der Waals surface area contributed by atoms with Crippen molar-refractivity contribution in [3.8, 4) is 5.75 Å². The number of para-hydroxylation sites is 1. The zero-order valence-electron chi connectivity index (χ0n) is 19.4. The van der Waals surface area contributed by atoms with E-state index in [1.165, 1.54) is 18.1 Å². The van der Waals surface area contributed by atoms with Gasteiger partial charge in [-0.1, -0.05) is 36.4 Å². The molecule has 0 saturated carbocycles. The maximum absolute atomic E-state index is 14.5. The lowest BCUT2D eigenvalue weighted by atomic mass is 9.77. The summed E-state index contributed by atoms with van der Waals surface area (Å²) in [6, 6.07) is 12.4. The monoisotopic (exact) mass is 484 g/mol. The smallest absolute Gasteiger partial charge is 0.247 e. The summed E-state index contributed by atoms with van der Waals surface area (Å²) in [5.41, 5.74) is 1.36. The first-order valence-electron chi connectivity index (χ1n) is 11.5. The van der Waals surface area contributed by atoms with Crippen molar-refractivity contribution < 1.29 is 33.7 Å². The average molecular weight is 485 g/mol. The molecule has 0 radical (unpaired) electrons. The molecule has 186 valence electrons. The van der Waals surface area contributed by atoms with Crippen molar-refractivity contribution in [3.05, 3.63) is 77.1 Å². The summed E-state index contributed by atoms with van der Waals surface area (Å²) in [5, 5.41) is 23.3. The van der Waals surface area contributed by atoms with Crippen LogP contribution in [0.5, 0.6) is 5.75 Å². The number of ether oxygens (including phenoxy) is 2. The molecule has 2 aromatic carbocycles. The van der Waals surface area contributed by atoms with E-state index in [9.17, 15) is 24.2 Å². The highest BCUT2D eigenvalue weighted by molar-refractivity contribution is 5.96. The molecule has 2 aromatic rings. The number of fused-ring (bicyclic) bond motifs is 3. The van der Waals surface area contributed by atoms with Gasteiger partial charge < -0.3 is 29.9 Å². The molecule has 8 nitrogen and oxygen atoms in total. The van der Waals surface area contributed by atoms with Gasteiger partial charge >= 0.3 is 0 Å². The molecule has 9 heteroatoms. The highest BCUT2D eigenvalue weighted by Crippen LogP contribution is 2.47. The second-order valence-corrected chi connectivity index (χ2v) is 8.54. The van der Waals surface area contributed by atoms with Crippen molar-refractivity contribution in [2.75, 3.05) is 26.9 Å². The van der Waals surface area contributed by atoms with Crippen molar-refractivity contribution in [1.29, 1.82) is 0 Å². The predicted octanol–water partition coefficient (Wildman–Crippen LogP) is 1.51. The number of carbonyl (C=O) groups is 2. The van der Waals surface area contributed by atoms with Crippen molar-refractivity contribution in [1.82, 2.24) is 10.2 Å². The molecule has 0 aromatic heterocycles. The third-order valence-electron chi connectivity index (χ3n) is 6.38. The van der Waals surface area contributed by atoms with Gasteiger partial charge in [0.15, 0.2) is 0 Å². The largest absolute Gasteiger partial charge is 0.486 e. The van der Waals surface area contributed by atoms with Crippen LogP contribution in [-0.2, 0) is 20.9 Å². The zero-order valence-corrected chi connectivity index (χ0v) is 19.4. The number of nitrogens with one attached hydrogen (secondary N) is 1.